The van der Waals surface area contributed by atoms with Crippen LogP contribution in [0.3, 0.4) is 0 Å². The van der Waals surface area contributed by atoms with Crippen molar-refractivity contribution in [2.24, 2.45) is 17.1 Å². The number of amides is 1. The molecule has 1 rings (SSSR count). The molecule has 0 radical (unpaired) electrons. The first-order chi connectivity index (χ1) is 8.31. The van der Waals surface area contributed by atoms with Gasteiger partial charge in [-0.25, -0.2) is 9.97 Å². The predicted octanol–water partition coefficient (Wildman–Crippen LogP) is 2.19. The van der Waals surface area contributed by atoms with Crippen LogP contribution in [0.15, 0.2) is 17.0 Å². The molecule has 0 saturated heterocycles. The van der Waals surface area contributed by atoms with Gasteiger partial charge in [0.15, 0.2) is 5.82 Å². The normalized spacial score (nSPS) is 13.2. The molecule has 3 N–H and O–H groups in total. The molecular formula is C12H19BrN4O. The SMILES string of the molecule is CC(C)(C)CC(CN)C(=O)Nc1cnc(Br)cn1. The van der Waals surface area contributed by atoms with E-state index in [4.69, 9.17) is 5.73 Å². The topological polar surface area (TPSA) is 80.9 Å². The Morgan fingerprint density at radius 2 is 2.11 bits per heavy atom. The Morgan fingerprint density at radius 1 is 1.44 bits per heavy atom. The van der Waals surface area contributed by atoms with Crippen LogP contribution in [0.4, 0.5) is 5.82 Å². The molecule has 1 aromatic heterocycles. The Balaban J connectivity index is 2.65. The maximum atomic E-state index is 12.0. The van der Waals surface area contributed by atoms with Crippen LogP contribution in [0, 0.1) is 11.3 Å². The molecule has 1 amide bonds. The number of anilines is 1. The molecule has 100 valence electrons. The van der Waals surface area contributed by atoms with E-state index in [1.807, 2.05) is 0 Å². The van der Waals surface area contributed by atoms with Crippen molar-refractivity contribution in [3.63, 3.8) is 0 Å². The molecule has 1 unspecified atom stereocenters. The third-order valence-electron chi connectivity index (χ3n) is 2.39. The molecule has 0 aliphatic carbocycles. The van der Waals surface area contributed by atoms with E-state index in [0.29, 0.717) is 17.0 Å². The predicted molar refractivity (Wildman–Crippen MR) is 75.0 cm³/mol. The smallest absolute Gasteiger partial charge is 0.229 e. The van der Waals surface area contributed by atoms with Gasteiger partial charge in [0.05, 0.1) is 18.3 Å². The fourth-order valence-electron chi connectivity index (χ4n) is 1.63. The third kappa shape index (κ3) is 5.10. The van der Waals surface area contributed by atoms with E-state index < -0.39 is 0 Å². The zero-order chi connectivity index (χ0) is 13.8. The van der Waals surface area contributed by atoms with Crippen LogP contribution >= 0.6 is 15.9 Å². The summed E-state index contributed by atoms with van der Waals surface area (Å²) in [5, 5.41) is 2.73. The first-order valence-corrected chi connectivity index (χ1v) is 6.59. The van der Waals surface area contributed by atoms with Gasteiger partial charge in [-0.2, -0.15) is 0 Å². The zero-order valence-corrected chi connectivity index (χ0v) is 12.5. The number of nitrogens with one attached hydrogen (secondary N) is 1. The van der Waals surface area contributed by atoms with Crippen molar-refractivity contribution in [1.82, 2.24) is 9.97 Å². The Labute approximate surface area is 116 Å². The molecule has 0 bridgehead atoms. The van der Waals surface area contributed by atoms with Crippen molar-refractivity contribution >= 4 is 27.7 Å². The highest BCUT2D eigenvalue weighted by atomic mass is 79.9. The summed E-state index contributed by atoms with van der Waals surface area (Å²) in [6, 6.07) is 0. The fourth-order valence-corrected chi connectivity index (χ4v) is 1.83. The molecule has 6 heteroatoms. The van der Waals surface area contributed by atoms with E-state index in [1.165, 1.54) is 12.4 Å². The molecule has 0 spiro atoms. The van der Waals surface area contributed by atoms with Crippen LogP contribution in [-0.2, 0) is 4.79 Å². The van der Waals surface area contributed by atoms with Gasteiger partial charge in [-0.15, -0.1) is 0 Å². The number of nitrogens with zero attached hydrogens (tertiary/aromatic N) is 2. The first-order valence-electron chi connectivity index (χ1n) is 5.80. The highest BCUT2D eigenvalue weighted by Gasteiger charge is 2.24. The number of carbonyl (C=O) groups excluding carboxylic acids is 1. The van der Waals surface area contributed by atoms with E-state index in [9.17, 15) is 4.79 Å². The van der Waals surface area contributed by atoms with Gasteiger partial charge in [-0.1, -0.05) is 20.8 Å². The van der Waals surface area contributed by atoms with E-state index in [1.54, 1.807) is 0 Å². The highest BCUT2D eigenvalue weighted by Crippen LogP contribution is 2.24. The maximum absolute atomic E-state index is 12.0. The molecule has 0 aromatic carbocycles. The van der Waals surface area contributed by atoms with Gasteiger partial charge in [-0.3, -0.25) is 4.79 Å². The quantitative estimate of drug-likeness (QED) is 0.892. The van der Waals surface area contributed by atoms with Gasteiger partial charge in [0.25, 0.3) is 0 Å². The van der Waals surface area contributed by atoms with Crippen molar-refractivity contribution in [3.8, 4) is 0 Å². The molecule has 0 fully saturated rings. The number of hydrogen-bond acceptors (Lipinski definition) is 4. The summed E-state index contributed by atoms with van der Waals surface area (Å²) in [7, 11) is 0. The largest absolute Gasteiger partial charge is 0.330 e. The molecule has 0 aliphatic rings. The van der Waals surface area contributed by atoms with E-state index in [2.05, 4.69) is 52.0 Å². The lowest BCUT2D eigenvalue weighted by atomic mass is 9.84. The van der Waals surface area contributed by atoms with Crippen molar-refractivity contribution in [2.75, 3.05) is 11.9 Å². The minimum atomic E-state index is -0.213. The van der Waals surface area contributed by atoms with Crippen molar-refractivity contribution in [2.45, 2.75) is 27.2 Å². The van der Waals surface area contributed by atoms with Crippen molar-refractivity contribution in [3.05, 3.63) is 17.0 Å². The van der Waals surface area contributed by atoms with Gasteiger partial charge in [-0.05, 0) is 27.8 Å². The van der Waals surface area contributed by atoms with E-state index in [-0.39, 0.29) is 17.2 Å². The lowest BCUT2D eigenvalue weighted by molar-refractivity contribution is -0.120. The van der Waals surface area contributed by atoms with Crippen LogP contribution in [0.1, 0.15) is 27.2 Å². The Kier molecular flexibility index (Phi) is 5.22. The van der Waals surface area contributed by atoms with Crippen LogP contribution in [-0.4, -0.2) is 22.4 Å². The van der Waals surface area contributed by atoms with Gasteiger partial charge < -0.3 is 11.1 Å². The number of halogens is 1. The molecule has 1 aromatic rings. The van der Waals surface area contributed by atoms with Crippen LogP contribution < -0.4 is 11.1 Å². The number of carbonyl (C=O) groups is 1. The number of hydrogen-bond donors (Lipinski definition) is 2. The lowest BCUT2D eigenvalue weighted by Gasteiger charge is -2.24. The second-order valence-electron chi connectivity index (χ2n) is 5.41. The third-order valence-corrected chi connectivity index (χ3v) is 2.80. The first kappa shape index (κ1) is 15.0. The summed E-state index contributed by atoms with van der Waals surface area (Å²) in [4.78, 5) is 20.1. The number of nitrogens with two attached hydrogens (primary N) is 1. The van der Waals surface area contributed by atoms with E-state index >= 15 is 0 Å². The minimum Gasteiger partial charge on any atom is -0.330 e. The minimum absolute atomic E-state index is 0.0623. The van der Waals surface area contributed by atoms with Gasteiger partial charge >= 0.3 is 0 Å². The lowest BCUT2D eigenvalue weighted by Crippen LogP contribution is -2.32. The standard InChI is InChI=1S/C12H19BrN4O/c1-12(2,3)4-8(5-14)11(18)17-10-7-15-9(13)6-16-10/h6-8H,4-5,14H2,1-3H3,(H,16,17,18). The molecule has 18 heavy (non-hydrogen) atoms. The number of rotatable bonds is 4. The summed E-state index contributed by atoms with van der Waals surface area (Å²) in [5.74, 6) is 0.120. The van der Waals surface area contributed by atoms with Gasteiger partial charge in [0.1, 0.15) is 4.60 Å². The number of aromatic nitrogens is 2. The van der Waals surface area contributed by atoms with Crippen molar-refractivity contribution in [1.29, 1.82) is 0 Å². The molecule has 0 aliphatic heterocycles. The molecule has 0 saturated carbocycles. The second kappa shape index (κ2) is 6.24. The summed E-state index contributed by atoms with van der Waals surface area (Å²) >= 11 is 3.19. The Hall–Kier alpha value is -1.01. The zero-order valence-electron chi connectivity index (χ0n) is 10.9. The fraction of sp³-hybridized carbons (Fsp3) is 0.583. The maximum Gasteiger partial charge on any atom is 0.229 e. The summed E-state index contributed by atoms with van der Waals surface area (Å²) in [6.45, 7) is 6.58. The Morgan fingerprint density at radius 3 is 2.56 bits per heavy atom. The average Bonchev–Trinajstić information content (AvgIpc) is 2.27. The Bertz CT molecular complexity index is 400. The summed E-state index contributed by atoms with van der Waals surface area (Å²) in [6.07, 6.45) is 3.78. The average molecular weight is 315 g/mol. The van der Waals surface area contributed by atoms with Crippen LogP contribution in [0.2, 0.25) is 0 Å². The van der Waals surface area contributed by atoms with Gasteiger partial charge in [0.2, 0.25) is 5.91 Å². The summed E-state index contributed by atoms with van der Waals surface area (Å²) < 4.78 is 0.630. The highest BCUT2D eigenvalue weighted by molar-refractivity contribution is 9.10. The molecule has 1 heterocycles. The van der Waals surface area contributed by atoms with Crippen LogP contribution in [0.25, 0.3) is 0 Å². The molecule has 5 nitrogen and oxygen atoms in total. The molecule has 1 atom stereocenters. The van der Waals surface area contributed by atoms with Crippen LogP contribution in [0.5, 0.6) is 0 Å². The molecular weight excluding hydrogens is 296 g/mol. The van der Waals surface area contributed by atoms with E-state index in [0.717, 1.165) is 6.42 Å². The monoisotopic (exact) mass is 314 g/mol. The van der Waals surface area contributed by atoms with Gasteiger partial charge in [0, 0.05) is 6.54 Å². The second-order valence-corrected chi connectivity index (χ2v) is 6.22. The van der Waals surface area contributed by atoms with Crippen molar-refractivity contribution < 1.29 is 4.79 Å². The summed E-state index contributed by atoms with van der Waals surface area (Å²) in [5.41, 5.74) is 5.72.